The fourth-order valence-electron chi connectivity index (χ4n) is 2.20. The molecule has 0 spiro atoms. The van der Waals surface area contributed by atoms with E-state index in [-0.39, 0.29) is 0 Å². The fraction of sp³-hybridized carbons (Fsp3) is 0.615. The molecule has 1 aromatic rings. The molecule has 1 unspecified atom stereocenters. The molecule has 0 aromatic carbocycles. The van der Waals surface area contributed by atoms with Crippen LogP contribution in [0.1, 0.15) is 29.3 Å². The molecule has 0 saturated carbocycles. The molecule has 0 radical (unpaired) electrons. The molecular weight excluding hydrogens is 200 g/mol. The molecule has 16 heavy (non-hydrogen) atoms. The second kappa shape index (κ2) is 4.93. The van der Waals surface area contributed by atoms with E-state index < -0.39 is 0 Å². The van der Waals surface area contributed by atoms with E-state index in [0.29, 0.717) is 5.92 Å². The summed E-state index contributed by atoms with van der Waals surface area (Å²) >= 11 is 0. The molecule has 1 saturated heterocycles. The summed E-state index contributed by atoms with van der Waals surface area (Å²) in [6, 6.07) is 4.33. The lowest BCUT2D eigenvalue weighted by molar-refractivity contribution is 0.193. The van der Waals surface area contributed by atoms with Crippen LogP contribution in [-0.2, 0) is 11.3 Å². The molecule has 0 aliphatic carbocycles. The van der Waals surface area contributed by atoms with Crippen LogP contribution in [0.5, 0.6) is 0 Å². The third kappa shape index (κ3) is 2.60. The van der Waals surface area contributed by atoms with E-state index in [4.69, 9.17) is 4.74 Å². The maximum atomic E-state index is 5.46. The van der Waals surface area contributed by atoms with Gasteiger partial charge < -0.3 is 9.64 Å². The van der Waals surface area contributed by atoms with Crippen molar-refractivity contribution in [3.8, 4) is 0 Å². The van der Waals surface area contributed by atoms with Gasteiger partial charge >= 0.3 is 0 Å². The van der Waals surface area contributed by atoms with E-state index in [1.54, 1.807) is 0 Å². The Bertz CT molecular complexity index is 357. The van der Waals surface area contributed by atoms with E-state index in [0.717, 1.165) is 31.9 Å². The Kier molecular flexibility index (Phi) is 3.56. The van der Waals surface area contributed by atoms with Crippen molar-refractivity contribution in [3.63, 3.8) is 0 Å². The highest BCUT2D eigenvalue weighted by atomic mass is 16.5. The van der Waals surface area contributed by atoms with E-state index in [1.807, 2.05) is 6.92 Å². The summed E-state index contributed by atoms with van der Waals surface area (Å²) < 4.78 is 5.46. The topological polar surface area (TPSA) is 25.4 Å². The van der Waals surface area contributed by atoms with Crippen molar-refractivity contribution in [1.82, 2.24) is 9.88 Å². The number of aryl methyl sites for hydroxylation is 1. The number of aromatic nitrogens is 1. The molecule has 0 N–H and O–H groups in total. The molecular formula is C13H20N2O. The Hall–Kier alpha value is -0.930. The van der Waals surface area contributed by atoms with Gasteiger partial charge in [-0.25, -0.2) is 0 Å². The summed E-state index contributed by atoms with van der Waals surface area (Å²) in [7, 11) is 4.16. The van der Waals surface area contributed by atoms with Crippen molar-refractivity contribution in [3.05, 3.63) is 29.1 Å². The second-order valence-corrected chi connectivity index (χ2v) is 4.79. The number of hydrogen-bond acceptors (Lipinski definition) is 3. The largest absolute Gasteiger partial charge is 0.381 e. The van der Waals surface area contributed by atoms with E-state index in [1.165, 1.54) is 11.3 Å². The standard InChI is InChI=1S/C13H20N2O/c1-10-4-5-12(11-6-7-16-9-11)13(14-10)8-15(2)3/h4-5,11H,6-9H2,1-3H3. The Morgan fingerprint density at radius 3 is 2.88 bits per heavy atom. The van der Waals surface area contributed by atoms with Crippen molar-refractivity contribution < 1.29 is 4.74 Å². The number of ether oxygens (including phenoxy) is 1. The fourth-order valence-corrected chi connectivity index (χ4v) is 2.20. The predicted molar refractivity (Wildman–Crippen MR) is 64.5 cm³/mol. The molecule has 3 nitrogen and oxygen atoms in total. The van der Waals surface area contributed by atoms with Gasteiger partial charge in [-0.05, 0) is 39.1 Å². The molecule has 1 atom stereocenters. The molecule has 2 heterocycles. The van der Waals surface area contributed by atoms with Crippen LogP contribution in [0, 0.1) is 6.92 Å². The highest BCUT2D eigenvalue weighted by Crippen LogP contribution is 2.27. The van der Waals surface area contributed by atoms with Gasteiger partial charge in [-0.3, -0.25) is 4.98 Å². The summed E-state index contributed by atoms with van der Waals surface area (Å²) in [5.74, 6) is 0.544. The van der Waals surface area contributed by atoms with Gasteiger partial charge in [0.05, 0.1) is 12.3 Å². The summed E-state index contributed by atoms with van der Waals surface area (Å²) in [5, 5.41) is 0. The molecule has 0 bridgehead atoms. The van der Waals surface area contributed by atoms with Crippen LogP contribution in [0.25, 0.3) is 0 Å². The summed E-state index contributed by atoms with van der Waals surface area (Å²) in [4.78, 5) is 6.83. The maximum Gasteiger partial charge on any atom is 0.0582 e. The van der Waals surface area contributed by atoms with Gasteiger partial charge in [0.15, 0.2) is 0 Å². The predicted octanol–water partition coefficient (Wildman–Crippen LogP) is 1.96. The third-order valence-corrected chi connectivity index (χ3v) is 2.98. The average Bonchev–Trinajstić information content (AvgIpc) is 2.69. The van der Waals surface area contributed by atoms with Crippen LogP contribution in [-0.4, -0.2) is 37.2 Å². The Morgan fingerprint density at radius 1 is 1.44 bits per heavy atom. The summed E-state index contributed by atoms with van der Waals surface area (Å²) in [6.07, 6.45) is 1.13. The van der Waals surface area contributed by atoms with Crippen molar-refractivity contribution in [2.24, 2.45) is 0 Å². The van der Waals surface area contributed by atoms with Gasteiger partial charge in [0, 0.05) is 24.8 Å². The molecule has 1 aliphatic rings. The normalized spacial score (nSPS) is 20.6. The highest BCUT2D eigenvalue weighted by molar-refractivity contribution is 5.27. The van der Waals surface area contributed by atoms with Crippen LogP contribution in [0.4, 0.5) is 0 Å². The smallest absolute Gasteiger partial charge is 0.0582 e. The van der Waals surface area contributed by atoms with E-state index in [2.05, 4.69) is 36.1 Å². The van der Waals surface area contributed by atoms with Crippen molar-refractivity contribution in [2.45, 2.75) is 25.8 Å². The first-order chi connectivity index (χ1) is 7.66. The van der Waals surface area contributed by atoms with Crippen LogP contribution in [0.2, 0.25) is 0 Å². The Labute approximate surface area is 97.4 Å². The zero-order valence-corrected chi connectivity index (χ0v) is 10.4. The summed E-state index contributed by atoms with van der Waals surface area (Å²) in [6.45, 7) is 4.70. The van der Waals surface area contributed by atoms with Crippen LogP contribution in [0.15, 0.2) is 12.1 Å². The average molecular weight is 220 g/mol. The first-order valence-electron chi connectivity index (χ1n) is 5.85. The molecule has 1 fully saturated rings. The minimum Gasteiger partial charge on any atom is -0.381 e. The maximum absolute atomic E-state index is 5.46. The lowest BCUT2D eigenvalue weighted by atomic mass is 9.96. The Morgan fingerprint density at radius 2 is 2.25 bits per heavy atom. The number of rotatable bonds is 3. The highest BCUT2D eigenvalue weighted by Gasteiger charge is 2.21. The molecule has 1 aromatic heterocycles. The molecule has 0 amide bonds. The first kappa shape index (κ1) is 11.6. The number of nitrogens with zero attached hydrogens (tertiary/aromatic N) is 2. The minimum atomic E-state index is 0.544. The molecule has 88 valence electrons. The number of pyridine rings is 1. The van der Waals surface area contributed by atoms with E-state index >= 15 is 0 Å². The van der Waals surface area contributed by atoms with Gasteiger partial charge in [-0.1, -0.05) is 6.07 Å². The Balaban J connectivity index is 2.27. The lowest BCUT2D eigenvalue weighted by Crippen LogP contribution is -2.16. The van der Waals surface area contributed by atoms with Gasteiger partial charge in [0.25, 0.3) is 0 Å². The minimum absolute atomic E-state index is 0.544. The lowest BCUT2D eigenvalue weighted by Gasteiger charge is -2.17. The summed E-state index contributed by atoms with van der Waals surface area (Å²) in [5.41, 5.74) is 3.68. The van der Waals surface area contributed by atoms with Gasteiger partial charge in [0.2, 0.25) is 0 Å². The molecule has 1 aliphatic heterocycles. The zero-order valence-electron chi connectivity index (χ0n) is 10.4. The number of hydrogen-bond donors (Lipinski definition) is 0. The SMILES string of the molecule is Cc1ccc(C2CCOC2)c(CN(C)C)n1. The first-order valence-corrected chi connectivity index (χ1v) is 5.85. The molecule has 3 heteroatoms. The molecule has 2 rings (SSSR count). The van der Waals surface area contributed by atoms with Crippen molar-refractivity contribution in [2.75, 3.05) is 27.3 Å². The van der Waals surface area contributed by atoms with Crippen LogP contribution < -0.4 is 0 Å². The second-order valence-electron chi connectivity index (χ2n) is 4.79. The van der Waals surface area contributed by atoms with Crippen molar-refractivity contribution in [1.29, 1.82) is 0 Å². The zero-order chi connectivity index (χ0) is 11.5. The van der Waals surface area contributed by atoms with E-state index in [9.17, 15) is 0 Å². The van der Waals surface area contributed by atoms with Gasteiger partial charge in [-0.15, -0.1) is 0 Å². The monoisotopic (exact) mass is 220 g/mol. The van der Waals surface area contributed by atoms with Crippen LogP contribution >= 0.6 is 0 Å². The van der Waals surface area contributed by atoms with Crippen molar-refractivity contribution >= 4 is 0 Å². The van der Waals surface area contributed by atoms with Crippen LogP contribution in [0.3, 0.4) is 0 Å². The van der Waals surface area contributed by atoms with Gasteiger partial charge in [0.1, 0.15) is 0 Å². The quantitative estimate of drug-likeness (QED) is 0.778. The third-order valence-electron chi connectivity index (χ3n) is 2.98. The van der Waals surface area contributed by atoms with Gasteiger partial charge in [-0.2, -0.15) is 0 Å².